The first kappa shape index (κ1) is 27.5. The molecule has 0 spiro atoms. The number of fused-ring (bicyclic) bond motifs is 1. The van der Waals surface area contributed by atoms with E-state index in [1.165, 1.54) is 27.1 Å². The smallest absolute Gasteiger partial charge is 0.141 e. The fraction of sp³-hybridized carbons (Fsp3) is 0.462. The van der Waals surface area contributed by atoms with Crippen molar-refractivity contribution >= 4 is 45.6 Å². The van der Waals surface area contributed by atoms with Crippen molar-refractivity contribution in [2.45, 2.75) is 12.8 Å². The van der Waals surface area contributed by atoms with Gasteiger partial charge in [0.25, 0.3) is 0 Å². The number of methoxy groups -OCH3 is 2. The van der Waals surface area contributed by atoms with Gasteiger partial charge in [0.15, 0.2) is 0 Å². The molecule has 37 heavy (non-hydrogen) atoms. The molecule has 200 valence electrons. The summed E-state index contributed by atoms with van der Waals surface area (Å²) >= 11 is 13.3. The van der Waals surface area contributed by atoms with Gasteiger partial charge in [-0.1, -0.05) is 23.2 Å². The third-order valence-corrected chi connectivity index (χ3v) is 6.97. The molecule has 2 aromatic heterocycles. The number of nitrogens with zero attached hydrogens (tertiary/aromatic N) is 3. The Bertz CT molecular complexity index is 1170. The van der Waals surface area contributed by atoms with E-state index in [4.69, 9.17) is 52.9 Å². The van der Waals surface area contributed by atoms with Crippen molar-refractivity contribution < 1.29 is 18.9 Å². The number of nitrogen functional groups attached to an aromatic ring is 1. The average molecular weight is 550 g/mol. The second-order valence-electron chi connectivity index (χ2n) is 8.67. The molecular formula is C26H33Cl2N5O4. The summed E-state index contributed by atoms with van der Waals surface area (Å²) in [6, 6.07) is 5.33. The molecule has 9 nitrogen and oxygen atoms in total. The summed E-state index contributed by atoms with van der Waals surface area (Å²) < 4.78 is 21.2. The minimum atomic E-state index is 0.354. The summed E-state index contributed by atoms with van der Waals surface area (Å²) in [6.07, 6.45) is 4.27. The number of halogens is 2. The van der Waals surface area contributed by atoms with Crippen LogP contribution in [0.25, 0.3) is 22.0 Å². The van der Waals surface area contributed by atoms with Gasteiger partial charge in [-0.3, -0.25) is 4.90 Å². The normalized spacial score (nSPS) is 15.8. The lowest BCUT2D eigenvalue weighted by Gasteiger charge is -2.26. The summed E-state index contributed by atoms with van der Waals surface area (Å²) in [7, 11) is 3.08. The van der Waals surface area contributed by atoms with Gasteiger partial charge in [0, 0.05) is 68.0 Å². The minimum absolute atomic E-state index is 0.354. The second-order valence-corrected chi connectivity index (χ2v) is 9.43. The van der Waals surface area contributed by atoms with Crippen LogP contribution in [0.2, 0.25) is 10.0 Å². The van der Waals surface area contributed by atoms with Gasteiger partial charge in [0.2, 0.25) is 0 Å². The highest BCUT2D eigenvalue weighted by Gasteiger charge is 2.21. The number of hydrogen-bond acceptors (Lipinski definition) is 9. The van der Waals surface area contributed by atoms with E-state index in [9.17, 15) is 0 Å². The van der Waals surface area contributed by atoms with Crippen molar-refractivity contribution in [3.63, 3.8) is 0 Å². The van der Waals surface area contributed by atoms with Gasteiger partial charge >= 0.3 is 0 Å². The molecule has 0 unspecified atom stereocenters. The number of morpholine rings is 1. The van der Waals surface area contributed by atoms with Crippen molar-refractivity contribution in [1.82, 2.24) is 14.9 Å². The summed E-state index contributed by atoms with van der Waals surface area (Å²) in [5.74, 6) is 1.99. The molecule has 3 N–H and O–H groups in total. The molecule has 2 aliphatic heterocycles. The summed E-state index contributed by atoms with van der Waals surface area (Å²) in [6.45, 7) is 6.92. The zero-order valence-electron chi connectivity index (χ0n) is 21.2. The first-order valence-electron chi connectivity index (χ1n) is 12.3. The molecule has 0 saturated carbocycles. The van der Waals surface area contributed by atoms with Crippen LogP contribution in [0.3, 0.4) is 0 Å². The van der Waals surface area contributed by atoms with E-state index in [2.05, 4.69) is 15.2 Å². The molecule has 2 aliphatic rings. The fourth-order valence-corrected chi connectivity index (χ4v) is 4.90. The zero-order chi connectivity index (χ0) is 26.2. The molecule has 0 aliphatic carbocycles. The Balaban J connectivity index is 0.000000572. The minimum Gasteiger partial charge on any atom is -0.495 e. The van der Waals surface area contributed by atoms with Gasteiger partial charge in [-0.05, 0) is 25.0 Å². The summed E-state index contributed by atoms with van der Waals surface area (Å²) in [5.41, 5.74) is 7.05. The number of anilines is 2. The van der Waals surface area contributed by atoms with Crippen LogP contribution in [0, 0.1) is 0 Å². The number of hydrogen-bond donors (Lipinski definition) is 2. The van der Waals surface area contributed by atoms with Crippen LogP contribution in [-0.2, 0) is 9.47 Å². The van der Waals surface area contributed by atoms with Crippen LogP contribution in [0.15, 0.2) is 24.4 Å². The lowest BCUT2D eigenvalue weighted by molar-refractivity contribution is 0.0398. The Labute approximate surface area is 227 Å². The topological polar surface area (TPSA) is 104 Å². The van der Waals surface area contributed by atoms with Crippen LogP contribution in [0.4, 0.5) is 11.6 Å². The Morgan fingerprint density at radius 2 is 1.62 bits per heavy atom. The van der Waals surface area contributed by atoms with Crippen LogP contribution in [0.5, 0.6) is 11.5 Å². The summed E-state index contributed by atoms with van der Waals surface area (Å²) in [5, 5.41) is 5.87. The van der Waals surface area contributed by atoms with E-state index in [-0.39, 0.29) is 0 Å². The number of ether oxygens (including phenoxy) is 4. The highest BCUT2D eigenvalue weighted by molar-refractivity contribution is 6.41. The Morgan fingerprint density at radius 1 is 0.973 bits per heavy atom. The number of rotatable bonds is 7. The molecule has 0 bridgehead atoms. The lowest BCUT2D eigenvalue weighted by atomic mass is 10.1. The predicted molar refractivity (Wildman–Crippen MR) is 148 cm³/mol. The van der Waals surface area contributed by atoms with Gasteiger partial charge in [-0.25, -0.2) is 9.97 Å². The Hall–Kier alpha value is -2.56. The fourth-order valence-electron chi connectivity index (χ4n) is 4.20. The molecule has 3 aromatic rings. The van der Waals surface area contributed by atoms with E-state index in [1.807, 2.05) is 6.07 Å². The maximum absolute atomic E-state index is 6.63. The van der Waals surface area contributed by atoms with Gasteiger partial charge < -0.3 is 30.0 Å². The van der Waals surface area contributed by atoms with Crippen LogP contribution >= 0.6 is 23.2 Å². The number of pyridine rings is 2. The molecule has 5 rings (SSSR count). The average Bonchev–Trinajstić information content (AvgIpc) is 3.50. The first-order chi connectivity index (χ1) is 18.0. The first-order valence-corrected chi connectivity index (χ1v) is 13.1. The lowest BCUT2D eigenvalue weighted by Crippen LogP contribution is -2.39. The van der Waals surface area contributed by atoms with E-state index in [0.717, 1.165) is 56.8 Å². The standard InChI is InChI=1S/C22H25Cl2N5O3.C4H8O/c1-30-16-11-17(31-2)21(24)19(20(16)23)15-9-13-12-27-18(25)10-14(13)22(28-15)26-3-4-29-5-7-32-8-6-29;1-2-4-5-3-1/h9-12H,3-8H2,1-2H3,(H2,25,27)(H,26,28);1-4H2. The maximum atomic E-state index is 6.63. The monoisotopic (exact) mass is 549 g/mol. The third-order valence-electron chi connectivity index (χ3n) is 6.22. The SMILES string of the molecule is C1CCOC1.COc1cc(OC)c(Cl)c(-c2cc3cnc(N)cc3c(NCCN3CCOCC3)n2)c1Cl. The van der Waals surface area contributed by atoms with Crippen LogP contribution < -0.4 is 20.5 Å². The highest BCUT2D eigenvalue weighted by atomic mass is 35.5. The number of benzene rings is 1. The second kappa shape index (κ2) is 13.3. The molecule has 2 saturated heterocycles. The van der Waals surface area contributed by atoms with Crippen LogP contribution in [0.1, 0.15) is 12.8 Å². The number of aromatic nitrogens is 2. The zero-order valence-corrected chi connectivity index (χ0v) is 22.7. The van der Waals surface area contributed by atoms with E-state index in [0.29, 0.717) is 51.0 Å². The molecule has 0 amide bonds. The van der Waals surface area contributed by atoms with Crippen molar-refractivity contribution in [2.75, 3.05) is 77.9 Å². The van der Waals surface area contributed by atoms with E-state index in [1.54, 1.807) is 18.3 Å². The predicted octanol–water partition coefficient (Wildman–Crippen LogP) is 4.74. The Kier molecular flexibility index (Phi) is 9.88. The molecule has 0 radical (unpaired) electrons. The van der Waals surface area contributed by atoms with Crippen molar-refractivity contribution in [3.05, 3.63) is 34.4 Å². The van der Waals surface area contributed by atoms with Crippen molar-refractivity contribution in [1.29, 1.82) is 0 Å². The van der Waals surface area contributed by atoms with E-state index < -0.39 is 0 Å². The maximum Gasteiger partial charge on any atom is 0.141 e. The van der Waals surface area contributed by atoms with Gasteiger partial charge in [-0.15, -0.1) is 0 Å². The largest absolute Gasteiger partial charge is 0.495 e. The molecular weight excluding hydrogens is 517 g/mol. The van der Waals surface area contributed by atoms with Crippen LogP contribution in [-0.4, -0.2) is 81.7 Å². The van der Waals surface area contributed by atoms with Gasteiger partial charge in [0.1, 0.15) is 23.1 Å². The molecule has 4 heterocycles. The Morgan fingerprint density at radius 3 is 2.22 bits per heavy atom. The molecule has 1 aromatic carbocycles. The number of nitrogens with one attached hydrogen (secondary N) is 1. The molecule has 0 atom stereocenters. The third kappa shape index (κ3) is 6.86. The quantitative estimate of drug-likeness (QED) is 0.432. The van der Waals surface area contributed by atoms with Crippen molar-refractivity contribution in [3.8, 4) is 22.8 Å². The highest BCUT2D eigenvalue weighted by Crippen LogP contribution is 2.46. The van der Waals surface area contributed by atoms with Crippen molar-refractivity contribution in [2.24, 2.45) is 0 Å². The number of nitrogens with two attached hydrogens (primary N) is 1. The van der Waals surface area contributed by atoms with Gasteiger partial charge in [0.05, 0.1) is 43.2 Å². The molecule has 2 fully saturated rings. The van der Waals surface area contributed by atoms with E-state index >= 15 is 0 Å². The summed E-state index contributed by atoms with van der Waals surface area (Å²) in [4.78, 5) is 11.4. The molecule has 11 heteroatoms. The van der Waals surface area contributed by atoms with Gasteiger partial charge in [-0.2, -0.15) is 0 Å².